The van der Waals surface area contributed by atoms with E-state index >= 15 is 0 Å². The average molecular weight is 282 g/mol. The highest BCUT2D eigenvalue weighted by molar-refractivity contribution is 7.17. The van der Waals surface area contributed by atoms with E-state index < -0.39 is 8.69 Å². The maximum absolute atomic E-state index is 10.4. The first kappa shape index (κ1) is 16.3. The van der Waals surface area contributed by atoms with Crippen molar-refractivity contribution in [1.82, 2.24) is 0 Å². The van der Waals surface area contributed by atoms with Gasteiger partial charge in [0.05, 0.1) is 0 Å². The summed E-state index contributed by atoms with van der Waals surface area (Å²) in [5.74, 6) is 0.713. The van der Waals surface area contributed by atoms with Crippen molar-refractivity contribution in [2.45, 2.75) is 64.7 Å². The first-order chi connectivity index (χ1) is 9.36. The quantitative estimate of drug-likeness (QED) is 0.400. The molecular formula is C16H27O2P. The van der Waals surface area contributed by atoms with E-state index in [4.69, 9.17) is 4.52 Å². The van der Waals surface area contributed by atoms with Crippen molar-refractivity contribution in [3.63, 3.8) is 0 Å². The molecule has 0 radical (unpaired) electrons. The summed E-state index contributed by atoms with van der Waals surface area (Å²) in [5.41, 5.74) is 1.35. The summed E-state index contributed by atoms with van der Waals surface area (Å²) < 4.78 is 15.4. The molecule has 0 spiro atoms. The minimum absolute atomic E-state index is 0.713. The van der Waals surface area contributed by atoms with Crippen LogP contribution in [0, 0.1) is 0 Å². The van der Waals surface area contributed by atoms with E-state index in [9.17, 15) is 4.57 Å². The Kier molecular flexibility index (Phi) is 9.53. The van der Waals surface area contributed by atoms with Crippen LogP contribution in [-0.4, -0.2) is 0 Å². The number of benzene rings is 1. The Morgan fingerprint density at radius 2 is 1.47 bits per heavy atom. The van der Waals surface area contributed by atoms with Crippen molar-refractivity contribution >= 4 is 8.69 Å². The van der Waals surface area contributed by atoms with Gasteiger partial charge in [0.2, 0.25) is 8.69 Å². The molecule has 1 unspecified atom stereocenters. The van der Waals surface area contributed by atoms with E-state index in [2.05, 4.69) is 19.1 Å². The average Bonchev–Trinajstić information content (AvgIpc) is 2.44. The smallest absolute Gasteiger partial charge is 0.225 e. The van der Waals surface area contributed by atoms with Crippen LogP contribution in [0.25, 0.3) is 0 Å². The molecule has 0 saturated heterocycles. The van der Waals surface area contributed by atoms with Gasteiger partial charge in [0.1, 0.15) is 5.75 Å². The fourth-order valence-electron chi connectivity index (χ4n) is 2.25. The molecule has 19 heavy (non-hydrogen) atoms. The highest BCUT2D eigenvalue weighted by atomic mass is 31.1. The van der Waals surface area contributed by atoms with Crippen LogP contribution >= 0.6 is 8.69 Å². The number of aryl methyl sites for hydroxylation is 1. The van der Waals surface area contributed by atoms with Crippen molar-refractivity contribution in [2.24, 2.45) is 0 Å². The predicted molar refractivity (Wildman–Crippen MR) is 83.8 cm³/mol. The lowest BCUT2D eigenvalue weighted by atomic mass is 10.0. The Morgan fingerprint density at radius 3 is 2.05 bits per heavy atom. The maximum Gasteiger partial charge on any atom is 0.225 e. The van der Waals surface area contributed by atoms with Crippen molar-refractivity contribution in [1.29, 1.82) is 0 Å². The lowest BCUT2D eigenvalue weighted by molar-refractivity contribution is 0.525. The topological polar surface area (TPSA) is 26.3 Å². The SMILES string of the molecule is CCCCCCCCCCc1ccc(O[PH2]=O)cc1. The minimum atomic E-state index is -1.15. The third-order valence-corrected chi connectivity index (χ3v) is 3.79. The van der Waals surface area contributed by atoms with Crippen molar-refractivity contribution in [3.05, 3.63) is 29.8 Å². The van der Waals surface area contributed by atoms with Gasteiger partial charge in [0.15, 0.2) is 0 Å². The summed E-state index contributed by atoms with van der Waals surface area (Å²) in [7, 11) is -1.15. The molecule has 0 fully saturated rings. The minimum Gasteiger partial charge on any atom is -0.447 e. The summed E-state index contributed by atoms with van der Waals surface area (Å²) in [6.45, 7) is 2.26. The first-order valence-electron chi connectivity index (χ1n) is 7.56. The number of unbranched alkanes of at least 4 members (excludes halogenated alkanes) is 7. The summed E-state index contributed by atoms with van der Waals surface area (Å²) in [6, 6.07) is 7.97. The lowest BCUT2D eigenvalue weighted by Gasteiger charge is -2.04. The van der Waals surface area contributed by atoms with Crippen molar-refractivity contribution < 1.29 is 9.09 Å². The lowest BCUT2D eigenvalue weighted by Crippen LogP contribution is -1.86. The molecule has 3 heteroatoms. The summed E-state index contributed by atoms with van der Waals surface area (Å²) >= 11 is 0. The van der Waals surface area contributed by atoms with Gasteiger partial charge in [-0.1, -0.05) is 64.0 Å². The van der Waals surface area contributed by atoms with Crippen LogP contribution in [-0.2, 0) is 11.0 Å². The van der Waals surface area contributed by atoms with Gasteiger partial charge in [0.25, 0.3) is 0 Å². The van der Waals surface area contributed by atoms with Gasteiger partial charge < -0.3 is 4.52 Å². The van der Waals surface area contributed by atoms with Gasteiger partial charge in [-0.25, -0.2) is 0 Å². The van der Waals surface area contributed by atoms with Crippen LogP contribution in [0.4, 0.5) is 0 Å². The zero-order chi connectivity index (χ0) is 13.8. The third kappa shape index (κ3) is 8.10. The molecule has 0 aliphatic heterocycles. The molecule has 0 aromatic heterocycles. The Morgan fingerprint density at radius 1 is 0.895 bits per heavy atom. The number of hydrogen-bond acceptors (Lipinski definition) is 2. The maximum atomic E-state index is 10.4. The van der Waals surface area contributed by atoms with E-state index in [1.165, 1.54) is 56.9 Å². The molecule has 0 aliphatic rings. The molecule has 0 heterocycles. The molecule has 1 rings (SSSR count). The van der Waals surface area contributed by atoms with Crippen LogP contribution in [0.3, 0.4) is 0 Å². The van der Waals surface area contributed by atoms with Crippen LogP contribution in [0.1, 0.15) is 63.9 Å². The molecule has 0 bridgehead atoms. The molecule has 1 aromatic carbocycles. The monoisotopic (exact) mass is 282 g/mol. The van der Waals surface area contributed by atoms with Crippen molar-refractivity contribution in [2.75, 3.05) is 0 Å². The molecule has 108 valence electrons. The predicted octanol–water partition coefficient (Wildman–Crippen LogP) is 5.42. The number of hydrogen-bond donors (Lipinski definition) is 0. The van der Waals surface area contributed by atoms with Gasteiger partial charge in [0, 0.05) is 0 Å². The molecule has 0 saturated carbocycles. The highest BCUT2D eigenvalue weighted by Crippen LogP contribution is 2.17. The van der Waals surface area contributed by atoms with E-state index in [-0.39, 0.29) is 0 Å². The molecule has 1 aromatic rings. The standard InChI is InChI=1S/C16H27O2P/c1-2-3-4-5-6-7-8-9-10-15-11-13-16(14-12-15)18-19-17/h11-14H,2-10,19H2,1H3. The van der Waals surface area contributed by atoms with Crippen molar-refractivity contribution in [3.8, 4) is 5.75 Å². The zero-order valence-electron chi connectivity index (χ0n) is 12.1. The van der Waals surface area contributed by atoms with Crippen LogP contribution in [0.5, 0.6) is 5.75 Å². The highest BCUT2D eigenvalue weighted by Gasteiger charge is 1.96. The van der Waals surface area contributed by atoms with E-state index in [1.54, 1.807) is 0 Å². The molecule has 2 nitrogen and oxygen atoms in total. The fourth-order valence-corrected chi connectivity index (χ4v) is 2.52. The fraction of sp³-hybridized carbons (Fsp3) is 0.625. The van der Waals surface area contributed by atoms with E-state index in [0.29, 0.717) is 5.75 Å². The second-order valence-corrected chi connectivity index (χ2v) is 5.51. The molecule has 0 amide bonds. The Balaban J connectivity index is 2.04. The molecule has 0 aliphatic carbocycles. The molecule has 0 N–H and O–H groups in total. The summed E-state index contributed by atoms with van der Waals surface area (Å²) in [5, 5.41) is 0. The molecule has 1 atom stereocenters. The van der Waals surface area contributed by atoms with Crippen LogP contribution < -0.4 is 4.52 Å². The van der Waals surface area contributed by atoms with Crippen LogP contribution in [0.15, 0.2) is 24.3 Å². The zero-order valence-corrected chi connectivity index (χ0v) is 13.2. The van der Waals surface area contributed by atoms with E-state index in [0.717, 1.165) is 6.42 Å². The third-order valence-electron chi connectivity index (χ3n) is 3.43. The second kappa shape index (κ2) is 11.1. The van der Waals surface area contributed by atoms with Gasteiger partial charge in [-0.05, 0) is 30.5 Å². The van der Waals surface area contributed by atoms with Gasteiger partial charge in [-0.3, -0.25) is 4.57 Å². The Labute approximate surface area is 118 Å². The van der Waals surface area contributed by atoms with Gasteiger partial charge in [-0.2, -0.15) is 0 Å². The van der Waals surface area contributed by atoms with Crippen LogP contribution in [0.2, 0.25) is 0 Å². The normalized spacial score (nSPS) is 11.2. The summed E-state index contributed by atoms with van der Waals surface area (Å²) in [4.78, 5) is 0. The van der Waals surface area contributed by atoms with Gasteiger partial charge >= 0.3 is 0 Å². The largest absolute Gasteiger partial charge is 0.447 e. The Bertz CT molecular complexity index is 335. The first-order valence-corrected chi connectivity index (χ1v) is 8.50. The van der Waals surface area contributed by atoms with E-state index in [1.807, 2.05) is 12.1 Å². The summed E-state index contributed by atoms with van der Waals surface area (Å²) in [6.07, 6.45) is 12.0. The number of rotatable bonds is 11. The van der Waals surface area contributed by atoms with Gasteiger partial charge in [-0.15, -0.1) is 0 Å². The Hall–Kier alpha value is -0.750. The second-order valence-electron chi connectivity index (χ2n) is 5.08. The molecular weight excluding hydrogens is 255 g/mol.